The number of carbonyl (C=O) groups excluding carboxylic acids is 3. The molecule has 0 saturated carbocycles. The molecule has 0 saturated heterocycles. The molecule has 7 nitrogen and oxygen atoms in total. The highest BCUT2D eigenvalue weighted by Crippen LogP contribution is 2.23. The minimum Gasteiger partial charge on any atom is -0.496 e. The number of hydrogen-bond donors (Lipinski definition) is 2. The maximum atomic E-state index is 12.2. The van der Waals surface area contributed by atoms with E-state index in [2.05, 4.69) is 10.9 Å². The van der Waals surface area contributed by atoms with Crippen LogP contribution in [0.15, 0.2) is 36.4 Å². The predicted molar refractivity (Wildman–Crippen MR) is 107 cm³/mol. The second kappa shape index (κ2) is 9.43. The number of methoxy groups -OCH3 is 1. The molecule has 8 heteroatoms. The molecule has 0 aliphatic heterocycles. The summed E-state index contributed by atoms with van der Waals surface area (Å²) in [5.74, 6) is -1.57. The first-order valence-corrected chi connectivity index (χ1v) is 9.57. The van der Waals surface area contributed by atoms with E-state index in [0.29, 0.717) is 16.3 Å². The summed E-state index contributed by atoms with van der Waals surface area (Å²) < 4.78 is 10.1. The summed E-state index contributed by atoms with van der Waals surface area (Å²) in [5, 5.41) is 0.348. The summed E-state index contributed by atoms with van der Waals surface area (Å²) in [7, 11) is 1.42. The average molecular weight is 417 g/mol. The van der Waals surface area contributed by atoms with Crippen LogP contribution in [-0.4, -0.2) is 31.5 Å². The van der Waals surface area contributed by atoms with Gasteiger partial charge in [-0.1, -0.05) is 17.7 Å². The van der Waals surface area contributed by atoms with E-state index in [-0.39, 0.29) is 5.56 Å². The van der Waals surface area contributed by atoms with Crippen LogP contribution in [0, 0.1) is 0 Å². The van der Waals surface area contributed by atoms with E-state index in [0.717, 1.165) is 31.2 Å². The largest absolute Gasteiger partial charge is 0.496 e. The molecule has 2 amide bonds. The summed E-state index contributed by atoms with van der Waals surface area (Å²) in [6.45, 7) is -0.525. The summed E-state index contributed by atoms with van der Waals surface area (Å²) >= 11 is 5.89. The fraction of sp³-hybridized carbons (Fsp3) is 0.286. The van der Waals surface area contributed by atoms with Crippen LogP contribution >= 0.6 is 11.6 Å². The van der Waals surface area contributed by atoms with Gasteiger partial charge in [-0.25, -0.2) is 4.79 Å². The predicted octanol–water partition coefficient (Wildman–Crippen LogP) is 2.85. The van der Waals surface area contributed by atoms with Gasteiger partial charge in [-0.3, -0.25) is 20.4 Å². The van der Waals surface area contributed by atoms with Crippen LogP contribution in [0.1, 0.15) is 44.7 Å². The number of ether oxygens (including phenoxy) is 2. The van der Waals surface area contributed by atoms with Crippen LogP contribution in [-0.2, 0) is 22.4 Å². The summed E-state index contributed by atoms with van der Waals surface area (Å²) in [6, 6.07) is 10.00. The highest BCUT2D eigenvalue weighted by atomic mass is 35.5. The number of halogens is 1. The third-order valence-electron chi connectivity index (χ3n) is 4.64. The van der Waals surface area contributed by atoms with Gasteiger partial charge >= 0.3 is 5.97 Å². The second-order valence-electron chi connectivity index (χ2n) is 6.61. The molecule has 0 unspecified atom stereocenters. The van der Waals surface area contributed by atoms with Gasteiger partial charge in [0.05, 0.1) is 18.2 Å². The fourth-order valence-corrected chi connectivity index (χ4v) is 3.33. The van der Waals surface area contributed by atoms with E-state index in [4.69, 9.17) is 21.1 Å². The van der Waals surface area contributed by atoms with E-state index in [1.807, 2.05) is 12.1 Å². The molecular weight excluding hydrogens is 396 g/mol. The minimum atomic E-state index is -0.675. The maximum Gasteiger partial charge on any atom is 0.338 e. The molecule has 2 N–H and O–H groups in total. The summed E-state index contributed by atoms with van der Waals surface area (Å²) in [5.41, 5.74) is 7.40. The molecule has 0 bridgehead atoms. The Kier molecular flexibility index (Phi) is 6.72. The third kappa shape index (κ3) is 5.26. The van der Waals surface area contributed by atoms with Crippen molar-refractivity contribution in [3.8, 4) is 5.75 Å². The summed E-state index contributed by atoms with van der Waals surface area (Å²) in [6.07, 6.45) is 4.22. The zero-order chi connectivity index (χ0) is 20.8. The lowest BCUT2D eigenvalue weighted by molar-refractivity contribution is -0.125. The molecule has 0 spiro atoms. The molecule has 29 heavy (non-hydrogen) atoms. The molecule has 152 valence electrons. The first kappa shape index (κ1) is 20.7. The number of nitrogens with one attached hydrogen (secondary N) is 2. The maximum absolute atomic E-state index is 12.2. The quantitative estimate of drug-likeness (QED) is 0.577. The highest BCUT2D eigenvalue weighted by Gasteiger charge is 2.16. The number of hydrazine groups is 1. The fourth-order valence-electron chi connectivity index (χ4n) is 3.16. The van der Waals surface area contributed by atoms with Crippen molar-refractivity contribution < 1.29 is 23.9 Å². The molecule has 2 aromatic carbocycles. The first-order valence-electron chi connectivity index (χ1n) is 9.19. The number of esters is 1. The highest BCUT2D eigenvalue weighted by molar-refractivity contribution is 6.31. The lowest BCUT2D eigenvalue weighted by Gasteiger charge is -2.16. The van der Waals surface area contributed by atoms with Gasteiger partial charge in [0.1, 0.15) is 5.75 Å². The van der Waals surface area contributed by atoms with Gasteiger partial charge in [-0.2, -0.15) is 0 Å². The molecule has 0 atom stereocenters. The lowest BCUT2D eigenvalue weighted by atomic mass is 9.90. The smallest absolute Gasteiger partial charge is 0.338 e. The number of rotatable bonds is 5. The Labute approximate surface area is 173 Å². The molecule has 0 aromatic heterocycles. The Bertz CT molecular complexity index is 945. The SMILES string of the molecule is COc1ccc(Cl)cc1C(=O)NNC(=O)COC(=O)c1ccc2c(c1)CCCC2. The van der Waals surface area contributed by atoms with Crippen LogP contribution in [0.5, 0.6) is 5.75 Å². The Balaban J connectivity index is 1.50. The summed E-state index contributed by atoms with van der Waals surface area (Å²) in [4.78, 5) is 36.3. The second-order valence-corrected chi connectivity index (χ2v) is 7.05. The van der Waals surface area contributed by atoms with Crippen LogP contribution in [0.2, 0.25) is 5.02 Å². The van der Waals surface area contributed by atoms with Gasteiger partial charge < -0.3 is 9.47 Å². The van der Waals surface area contributed by atoms with Gasteiger partial charge in [0.2, 0.25) is 0 Å². The van der Waals surface area contributed by atoms with Crippen molar-refractivity contribution in [3.63, 3.8) is 0 Å². The molecular formula is C21H21ClN2O5. The van der Waals surface area contributed by atoms with Gasteiger partial charge in [-0.15, -0.1) is 0 Å². The number of benzene rings is 2. The minimum absolute atomic E-state index is 0.159. The molecule has 2 aromatic rings. The Morgan fingerprint density at radius 3 is 2.52 bits per heavy atom. The van der Waals surface area contributed by atoms with E-state index >= 15 is 0 Å². The van der Waals surface area contributed by atoms with Gasteiger partial charge in [0.15, 0.2) is 6.61 Å². The monoisotopic (exact) mass is 416 g/mol. The first-order chi connectivity index (χ1) is 14.0. The number of aryl methyl sites for hydroxylation is 2. The zero-order valence-electron chi connectivity index (χ0n) is 15.9. The Hall–Kier alpha value is -3.06. The van der Waals surface area contributed by atoms with Crippen LogP contribution in [0.3, 0.4) is 0 Å². The van der Waals surface area contributed by atoms with E-state index in [1.165, 1.54) is 18.7 Å². The Morgan fingerprint density at radius 2 is 1.76 bits per heavy atom. The van der Waals surface area contributed by atoms with Gasteiger partial charge in [-0.05, 0) is 67.1 Å². The normalized spacial score (nSPS) is 12.5. The van der Waals surface area contributed by atoms with E-state index < -0.39 is 24.4 Å². The van der Waals surface area contributed by atoms with Crippen molar-refractivity contribution in [2.75, 3.05) is 13.7 Å². The number of fused-ring (bicyclic) bond motifs is 1. The van der Waals surface area contributed by atoms with Crippen molar-refractivity contribution in [1.29, 1.82) is 0 Å². The van der Waals surface area contributed by atoms with Gasteiger partial charge in [0, 0.05) is 5.02 Å². The molecule has 1 aliphatic rings. The number of hydrogen-bond acceptors (Lipinski definition) is 5. The third-order valence-corrected chi connectivity index (χ3v) is 4.88. The molecule has 0 fully saturated rings. The van der Waals surface area contributed by atoms with E-state index in [9.17, 15) is 14.4 Å². The standard InChI is InChI=1S/C21H21ClN2O5/c1-28-18-9-8-16(22)11-17(18)20(26)24-23-19(25)12-29-21(27)15-7-6-13-4-2-3-5-14(13)10-15/h6-11H,2-5,12H2,1H3,(H,23,25)(H,24,26). The van der Waals surface area contributed by atoms with Crippen molar-refractivity contribution in [3.05, 3.63) is 63.7 Å². The van der Waals surface area contributed by atoms with Gasteiger partial charge in [0.25, 0.3) is 11.8 Å². The van der Waals surface area contributed by atoms with Crippen LogP contribution in [0.25, 0.3) is 0 Å². The van der Waals surface area contributed by atoms with Crippen LogP contribution < -0.4 is 15.6 Å². The average Bonchev–Trinajstić information content (AvgIpc) is 2.75. The topological polar surface area (TPSA) is 93.7 Å². The number of amides is 2. The van der Waals surface area contributed by atoms with Crippen molar-refractivity contribution in [2.45, 2.75) is 25.7 Å². The Morgan fingerprint density at radius 1 is 1.00 bits per heavy atom. The van der Waals surface area contributed by atoms with Crippen molar-refractivity contribution in [2.24, 2.45) is 0 Å². The van der Waals surface area contributed by atoms with Crippen molar-refractivity contribution in [1.82, 2.24) is 10.9 Å². The lowest BCUT2D eigenvalue weighted by Crippen LogP contribution is -2.43. The molecule has 3 rings (SSSR count). The number of carbonyl (C=O) groups is 3. The molecule has 0 heterocycles. The molecule has 0 radical (unpaired) electrons. The van der Waals surface area contributed by atoms with E-state index in [1.54, 1.807) is 18.2 Å². The van der Waals surface area contributed by atoms with Crippen molar-refractivity contribution >= 4 is 29.4 Å². The molecule has 1 aliphatic carbocycles. The van der Waals surface area contributed by atoms with Crippen LogP contribution in [0.4, 0.5) is 0 Å². The zero-order valence-corrected chi connectivity index (χ0v) is 16.7.